The molecule has 2 unspecified atom stereocenters. The summed E-state index contributed by atoms with van der Waals surface area (Å²) in [4.78, 5) is 24.0. The molecule has 1 aromatic rings. The van der Waals surface area contributed by atoms with Gasteiger partial charge in [0.2, 0.25) is 0 Å². The molecule has 1 fully saturated rings. The maximum Gasteiger partial charge on any atom is 0.310 e. The Balaban J connectivity index is 2.22. The van der Waals surface area contributed by atoms with Crippen LogP contribution in [0, 0.1) is 11.7 Å². The summed E-state index contributed by atoms with van der Waals surface area (Å²) in [6, 6.07) is 5.76. The van der Waals surface area contributed by atoms with E-state index in [1.54, 1.807) is 26.0 Å². The summed E-state index contributed by atoms with van der Waals surface area (Å²) in [7, 11) is 0. The third-order valence-electron chi connectivity index (χ3n) is 3.33. The number of esters is 1. The van der Waals surface area contributed by atoms with E-state index in [4.69, 9.17) is 4.74 Å². The SMILES string of the molecule is CC(C)OC(=O)C1CCC(=O)C1c1ccc(F)cc1. The Bertz CT molecular complexity index is 479. The predicted molar refractivity (Wildman–Crippen MR) is 68.1 cm³/mol. The molecular formula is C15H17FO3. The van der Waals surface area contributed by atoms with Gasteiger partial charge in [0.25, 0.3) is 0 Å². The summed E-state index contributed by atoms with van der Waals surface area (Å²) in [5, 5.41) is 0. The van der Waals surface area contributed by atoms with Gasteiger partial charge >= 0.3 is 5.97 Å². The van der Waals surface area contributed by atoms with Gasteiger partial charge in [0.1, 0.15) is 11.6 Å². The van der Waals surface area contributed by atoms with Gasteiger partial charge in [0.05, 0.1) is 17.9 Å². The van der Waals surface area contributed by atoms with Crippen LogP contribution in [0.15, 0.2) is 24.3 Å². The molecule has 1 aromatic carbocycles. The smallest absolute Gasteiger partial charge is 0.310 e. The topological polar surface area (TPSA) is 43.4 Å². The van der Waals surface area contributed by atoms with Gasteiger partial charge in [-0.05, 0) is 38.0 Å². The molecule has 0 amide bonds. The number of carbonyl (C=O) groups excluding carboxylic acids is 2. The van der Waals surface area contributed by atoms with Gasteiger partial charge in [0.15, 0.2) is 0 Å². The molecule has 1 aliphatic rings. The molecule has 2 rings (SSSR count). The molecule has 2 atom stereocenters. The van der Waals surface area contributed by atoms with Gasteiger partial charge in [0, 0.05) is 6.42 Å². The molecule has 0 heterocycles. The number of Topliss-reactive ketones (excluding diaryl/α,β-unsaturated/α-hetero) is 1. The standard InChI is InChI=1S/C15H17FO3/c1-9(2)19-15(18)12-7-8-13(17)14(12)10-3-5-11(16)6-4-10/h3-6,9,12,14H,7-8H2,1-2H3. The lowest BCUT2D eigenvalue weighted by Gasteiger charge is -2.19. The van der Waals surface area contributed by atoms with Crippen molar-refractivity contribution in [3.8, 4) is 0 Å². The highest BCUT2D eigenvalue weighted by Crippen LogP contribution is 2.38. The summed E-state index contributed by atoms with van der Waals surface area (Å²) in [5.74, 6) is -1.60. The number of hydrogen-bond donors (Lipinski definition) is 0. The van der Waals surface area contributed by atoms with E-state index in [-0.39, 0.29) is 23.7 Å². The van der Waals surface area contributed by atoms with Crippen LogP contribution in [-0.4, -0.2) is 17.9 Å². The van der Waals surface area contributed by atoms with Crippen LogP contribution < -0.4 is 0 Å². The monoisotopic (exact) mass is 264 g/mol. The fourth-order valence-electron chi connectivity index (χ4n) is 2.51. The molecular weight excluding hydrogens is 247 g/mol. The second-order valence-corrected chi connectivity index (χ2v) is 5.13. The molecule has 0 N–H and O–H groups in total. The molecule has 0 radical (unpaired) electrons. The van der Waals surface area contributed by atoms with Gasteiger partial charge in [-0.25, -0.2) is 4.39 Å². The molecule has 19 heavy (non-hydrogen) atoms. The lowest BCUT2D eigenvalue weighted by molar-refractivity contribution is -0.153. The van der Waals surface area contributed by atoms with Gasteiger partial charge in [-0.1, -0.05) is 12.1 Å². The molecule has 0 aliphatic heterocycles. The number of benzene rings is 1. The summed E-state index contributed by atoms with van der Waals surface area (Å²) >= 11 is 0. The van der Waals surface area contributed by atoms with Crippen molar-refractivity contribution in [2.24, 2.45) is 5.92 Å². The number of rotatable bonds is 3. The Morgan fingerprint density at radius 3 is 2.53 bits per heavy atom. The molecule has 1 saturated carbocycles. The van der Waals surface area contributed by atoms with Crippen LogP contribution in [0.2, 0.25) is 0 Å². The minimum Gasteiger partial charge on any atom is -0.463 e. The molecule has 1 aliphatic carbocycles. The minimum atomic E-state index is -0.494. The second-order valence-electron chi connectivity index (χ2n) is 5.13. The summed E-state index contributed by atoms with van der Waals surface area (Å²) in [6.07, 6.45) is 0.684. The first-order chi connectivity index (χ1) is 8.99. The second kappa shape index (κ2) is 5.51. The Hall–Kier alpha value is -1.71. The van der Waals surface area contributed by atoms with E-state index in [2.05, 4.69) is 0 Å². The lowest BCUT2D eigenvalue weighted by atomic mass is 9.88. The minimum absolute atomic E-state index is 0.0253. The zero-order valence-corrected chi connectivity index (χ0v) is 11.1. The normalized spacial score (nSPS) is 22.8. The third-order valence-corrected chi connectivity index (χ3v) is 3.33. The van der Waals surface area contributed by atoms with E-state index in [1.165, 1.54) is 12.1 Å². The van der Waals surface area contributed by atoms with E-state index in [0.29, 0.717) is 18.4 Å². The van der Waals surface area contributed by atoms with Crippen LogP contribution in [0.1, 0.15) is 38.2 Å². The number of carbonyl (C=O) groups is 2. The predicted octanol–water partition coefficient (Wildman–Crippen LogP) is 2.84. The maximum absolute atomic E-state index is 12.9. The number of halogens is 1. The summed E-state index contributed by atoms with van der Waals surface area (Å²) in [6.45, 7) is 3.56. The van der Waals surface area contributed by atoms with Gasteiger partial charge in [-0.15, -0.1) is 0 Å². The van der Waals surface area contributed by atoms with E-state index < -0.39 is 11.8 Å². The molecule has 0 aromatic heterocycles. The van der Waals surface area contributed by atoms with Crippen LogP contribution in [0.25, 0.3) is 0 Å². The van der Waals surface area contributed by atoms with Crippen molar-refractivity contribution >= 4 is 11.8 Å². The zero-order chi connectivity index (χ0) is 14.0. The van der Waals surface area contributed by atoms with Crippen LogP contribution in [-0.2, 0) is 14.3 Å². The Morgan fingerprint density at radius 2 is 1.95 bits per heavy atom. The zero-order valence-electron chi connectivity index (χ0n) is 11.1. The Morgan fingerprint density at radius 1 is 1.32 bits per heavy atom. The number of ether oxygens (including phenoxy) is 1. The van der Waals surface area contributed by atoms with Crippen molar-refractivity contribution in [3.05, 3.63) is 35.6 Å². The molecule has 102 valence electrons. The molecule has 0 spiro atoms. The quantitative estimate of drug-likeness (QED) is 0.788. The van der Waals surface area contributed by atoms with Crippen molar-refractivity contribution in [2.45, 2.75) is 38.7 Å². The van der Waals surface area contributed by atoms with Gasteiger partial charge in [-0.3, -0.25) is 9.59 Å². The maximum atomic E-state index is 12.9. The fourth-order valence-corrected chi connectivity index (χ4v) is 2.51. The molecule has 3 nitrogen and oxygen atoms in total. The average molecular weight is 264 g/mol. The summed E-state index contributed by atoms with van der Waals surface area (Å²) < 4.78 is 18.1. The van der Waals surface area contributed by atoms with Crippen molar-refractivity contribution in [3.63, 3.8) is 0 Å². The summed E-state index contributed by atoms with van der Waals surface area (Å²) in [5.41, 5.74) is 0.689. The highest BCUT2D eigenvalue weighted by atomic mass is 19.1. The first kappa shape index (κ1) is 13.7. The molecule has 0 saturated heterocycles. The first-order valence-corrected chi connectivity index (χ1v) is 6.47. The highest BCUT2D eigenvalue weighted by molar-refractivity contribution is 5.94. The van der Waals surface area contributed by atoms with E-state index >= 15 is 0 Å². The van der Waals surface area contributed by atoms with Crippen molar-refractivity contribution < 1.29 is 18.7 Å². The van der Waals surface area contributed by atoms with Gasteiger partial charge < -0.3 is 4.74 Å². The van der Waals surface area contributed by atoms with Crippen molar-refractivity contribution in [1.29, 1.82) is 0 Å². The van der Waals surface area contributed by atoms with E-state index in [1.807, 2.05) is 0 Å². The van der Waals surface area contributed by atoms with Gasteiger partial charge in [-0.2, -0.15) is 0 Å². The van der Waals surface area contributed by atoms with Crippen molar-refractivity contribution in [1.82, 2.24) is 0 Å². The average Bonchev–Trinajstić information content (AvgIpc) is 2.71. The molecule has 0 bridgehead atoms. The van der Waals surface area contributed by atoms with Crippen molar-refractivity contribution in [2.75, 3.05) is 0 Å². The Labute approximate surface area is 111 Å². The van der Waals surface area contributed by atoms with Crippen LogP contribution in [0.3, 0.4) is 0 Å². The first-order valence-electron chi connectivity index (χ1n) is 6.47. The van der Waals surface area contributed by atoms with E-state index in [0.717, 1.165) is 0 Å². The van der Waals surface area contributed by atoms with Crippen LogP contribution in [0.4, 0.5) is 4.39 Å². The fraction of sp³-hybridized carbons (Fsp3) is 0.467. The Kier molecular flexibility index (Phi) is 3.98. The lowest BCUT2D eigenvalue weighted by Crippen LogP contribution is -2.25. The third kappa shape index (κ3) is 3.00. The van der Waals surface area contributed by atoms with E-state index in [9.17, 15) is 14.0 Å². The van der Waals surface area contributed by atoms with Crippen LogP contribution in [0.5, 0.6) is 0 Å². The highest BCUT2D eigenvalue weighted by Gasteiger charge is 2.41. The van der Waals surface area contributed by atoms with Crippen LogP contribution >= 0.6 is 0 Å². The largest absolute Gasteiger partial charge is 0.463 e. The molecule has 4 heteroatoms. The number of hydrogen-bond acceptors (Lipinski definition) is 3. The number of ketones is 1.